The van der Waals surface area contributed by atoms with Gasteiger partial charge in [0.1, 0.15) is 0 Å². The van der Waals surface area contributed by atoms with Crippen LogP contribution in [0.4, 0.5) is 0 Å². The molecule has 0 spiro atoms. The molecule has 19 heavy (non-hydrogen) atoms. The molecule has 2 atom stereocenters. The van der Waals surface area contributed by atoms with Crippen molar-refractivity contribution in [3.63, 3.8) is 0 Å². The van der Waals surface area contributed by atoms with E-state index in [1.54, 1.807) is 0 Å². The molecule has 2 rings (SSSR count). The summed E-state index contributed by atoms with van der Waals surface area (Å²) in [6.45, 7) is 3.52. The van der Waals surface area contributed by atoms with Crippen LogP contribution in [0, 0.1) is 6.92 Å². The number of benzene rings is 1. The summed E-state index contributed by atoms with van der Waals surface area (Å²) < 4.78 is 5.67. The summed E-state index contributed by atoms with van der Waals surface area (Å²) in [4.78, 5) is 0. The molecule has 0 saturated carbocycles. The van der Waals surface area contributed by atoms with Crippen molar-refractivity contribution < 1.29 is 9.84 Å². The first-order valence-electron chi connectivity index (χ1n) is 7.20. The minimum absolute atomic E-state index is 0.0965. The minimum Gasteiger partial charge on any atom is -0.395 e. The Kier molecular flexibility index (Phi) is 4.97. The summed E-state index contributed by atoms with van der Waals surface area (Å²) in [6.07, 6.45) is 4.51. The Labute approximate surface area is 115 Å². The molecule has 3 heteroatoms. The lowest BCUT2D eigenvalue weighted by molar-refractivity contribution is 0.0883. The number of nitrogens with two attached hydrogens (primary N) is 1. The number of ether oxygens (including phenoxy) is 1. The fraction of sp³-hybridized carbons (Fsp3) is 0.625. The molecule has 3 N–H and O–H groups in total. The van der Waals surface area contributed by atoms with Crippen molar-refractivity contribution in [3.8, 4) is 0 Å². The average Bonchev–Trinajstić information content (AvgIpc) is 2.95. The molecule has 0 bridgehead atoms. The highest BCUT2D eigenvalue weighted by atomic mass is 16.5. The highest BCUT2D eigenvalue weighted by Gasteiger charge is 2.31. The van der Waals surface area contributed by atoms with Crippen LogP contribution in [-0.4, -0.2) is 31.0 Å². The monoisotopic (exact) mass is 263 g/mol. The van der Waals surface area contributed by atoms with Crippen LogP contribution in [-0.2, 0) is 10.2 Å². The zero-order valence-corrected chi connectivity index (χ0v) is 11.8. The van der Waals surface area contributed by atoms with Crippen molar-refractivity contribution in [3.05, 3.63) is 35.4 Å². The van der Waals surface area contributed by atoms with Gasteiger partial charge in [0.2, 0.25) is 0 Å². The van der Waals surface area contributed by atoms with Crippen LogP contribution in [0.25, 0.3) is 0 Å². The number of hydrogen-bond donors (Lipinski definition) is 2. The van der Waals surface area contributed by atoms with Gasteiger partial charge in [-0.3, -0.25) is 0 Å². The third kappa shape index (κ3) is 3.35. The number of aliphatic hydroxyl groups is 1. The second-order valence-electron chi connectivity index (χ2n) is 5.68. The van der Waals surface area contributed by atoms with Crippen LogP contribution in [0.5, 0.6) is 0 Å². The molecule has 1 heterocycles. The maximum absolute atomic E-state index is 9.85. The molecule has 1 aliphatic rings. The number of rotatable bonds is 6. The summed E-state index contributed by atoms with van der Waals surface area (Å²) in [5.41, 5.74) is 8.02. The molecule has 0 aromatic heterocycles. The predicted octanol–water partition coefficient (Wildman–Crippen LogP) is 2.14. The van der Waals surface area contributed by atoms with E-state index in [0.29, 0.717) is 12.6 Å². The largest absolute Gasteiger partial charge is 0.395 e. The van der Waals surface area contributed by atoms with E-state index in [1.807, 2.05) is 0 Å². The number of aliphatic hydroxyl groups excluding tert-OH is 1. The van der Waals surface area contributed by atoms with Crippen LogP contribution < -0.4 is 5.73 Å². The summed E-state index contributed by atoms with van der Waals surface area (Å²) in [5, 5.41) is 9.85. The Morgan fingerprint density at radius 2 is 2.11 bits per heavy atom. The summed E-state index contributed by atoms with van der Waals surface area (Å²) in [6, 6.07) is 8.35. The van der Waals surface area contributed by atoms with Gasteiger partial charge in [0.25, 0.3) is 0 Å². The van der Waals surface area contributed by atoms with Gasteiger partial charge < -0.3 is 15.6 Å². The lowest BCUT2D eigenvalue weighted by Crippen LogP contribution is -2.39. The van der Waals surface area contributed by atoms with E-state index in [0.717, 1.165) is 37.9 Å². The standard InChI is InChI=1S/C16H25NO2/c1-13-4-6-14(7-5-13)16(11-17,12-18)9-8-15-3-2-10-19-15/h4-7,15,18H,2-3,8-12,17H2,1H3. The van der Waals surface area contributed by atoms with Gasteiger partial charge in [-0.15, -0.1) is 0 Å². The molecule has 3 nitrogen and oxygen atoms in total. The lowest BCUT2D eigenvalue weighted by Gasteiger charge is -2.32. The number of aryl methyl sites for hydroxylation is 1. The zero-order valence-electron chi connectivity index (χ0n) is 11.8. The van der Waals surface area contributed by atoms with Gasteiger partial charge in [-0.25, -0.2) is 0 Å². The Morgan fingerprint density at radius 1 is 1.37 bits per heavy atom. The van der Waals surface area contributed by atoms with E-state index in [1.165, 1.54) is 5.56 Å². The summed E-state index contributed by atoms with van der Waals surface area (Å²) in [5.74, 6) is 0. The van der Waals surface area contributed by atoms with Crippen LogP contribution in [0.1, 0.15) is 36.8 Å². The smallest absolute Gasteiger partial charge is 0.0576 e. The molecule has 2 unspecified atom stereocenters. The highest BCUT2D eigenvalue weighted by molar-refractivity contribution is 5.29. The van der Waals surface area contributed by atoms with E-state index >= 15 is 0 Å². The summed E-state index contributed by atoms with van der Waals surface area (Å²) >= 11 is 0. The van der Waals surface area contributed by atoms with Gasteiger partial charge >= 0.3 is 0 Å². The third-order valence-electron chi connectivity index (χ3n) is 4.33. The molecule has 0 amide bonds. The third-order valence-corrected chi connectivity index (χ3v) is 4.33. The second kappa shape index (κ2) is 6.51. The van der Waals surface area contributed by atoms with Crippen molar-refractivity contribution in [2.24, 2.45) is 5.73 Å². The molecule has 1 saturated heterocycles. The van der Waals surface area contributed by atoms with Gasteiger partial charge in [0.15, 0.2) is 0 Å². The van der Waals surface area contributed by atoms with E-state index in [4.69, 9.17) is 10.5 Å². The number of hydrogen-bond acceptors (Lipinski definition) is 3. The van der Waals surface area contributed by atoms with Crippen molar-refractivity contribution in [1.82, 2.24) is 0 Å². The van der Waals surface area contributed by atoms with Gasteiger partial charge in [-0.1, -0.05) is 29.8 Å². The van der Waals surface area contributed by atoms with Crippen molar-refractivity contribution >= 4 is 0 Å². The lowest BCUT2D eigenvalue weighted by atomic mass is 9.76. The Hall–Kier alpha value is -0.900. The molecule has 0 radical (unpaired) electrons. The maximum Gasteiger partial charge on any atom is 0.0576 e. The maximum atomic E-state index is 9.85. The van der Waals surface area contributed by atoms with E-state index < -0.39 is 0 Å². The van der Waals surface area contributed by atoms with E-state index in [9.17, 15) is 5.11 Å². The first-order chi connectivity index (χ1) is 9.20. The SMILES string of the molecule is Cc1ccc(C(CN)(CO)CCC2CCCO2)cc1. The first-order valence-corrected chi connectivity index (χ1v) is 7.20. The normalized spacial score (nSPS) is 22.4. The van der Waals surface area contributed by atoms with Crippen LogP contribution in [0.2, 0.25) is 0 Å². The highest BCUT2D eigenvalue weighted by Crippen LogP contribution is 2.31. The molecule has 106 valence electrons. The van der Waals surface area contributed by atoms with Gasteiger partial charge in [0, 0.05) is 18.6 Å². The molecule has 1 fully saturated rings. The summed E-state index contributed by atoms with van der Waals surface area (Å²) in [7, 11) is 0. The zero-order chi connectivity index (χ0) is 13.7. The fourth-order valence-electron chi connectivity index (χ4n) is 2.82. The fourth-order valence-corrected chi connectivity index (χ4v) is 2.82. The Bertz CT molecular complexity index is 378. The predicted molar refractivity (Wildman–Crippen MR) is 77.2 cm³/mol. The van der Waals surface area contributed by atoms with Crippen molar-refractivity contribution in [2.45, 2.75) is 44.1 Å². The molecular weight excluding hydrogens is 238 g/mol. The first kappa shape index (κ1) is 14.5. The minimum atomic E-state index is -0.320. The van der Waals surface area contributed by atoms with Gasteiger partial charge in [-0.2, -0.15) is 0 Å². The Balaban J connectivity index is 2.09. The van der Waals surface area contributed by atoms with E-state index in [-0.39, 0.29) is 12.0 Å². The molecule has 1 aliphatic heterocycles. The molecule has 1 aromatic carbocycles. The quantitative estimate of drug-likeness (QED) is 0.827. The van der Waals surface area contributed by atoms with Gasteiger partial charge in [-0.05, 0) is 38.2 Å². The Morgan fingerprint density at radius 3 is 2.63 bits per heavy atom. The van der Waals surface area contributed by atoms with E-state index in [2.05, 4.69) is 31.2 Å². The van der Waals surface area contributed by atoms with Crippen molar-refractivity contribution in [1.29, 1.82) is 0 Å². The molecule has 1 aromatic rings. The average molecular weight is 263 g/mol. The van der Waals surface area contributed by atoms with Crippen LogP contribution in [0.3, 0.4) is 0 Å². The molecular formula is C16H25NO2. The molecule has 0 aliphatic carbocycles. The second-order valence-corrected chi connectivity index (χ2v) is 5.68. The van der Waals surface area contributed by atoms with Crippen molar-refractivity contribution in [2.75, 3.05) is 19.8 Å². The van der Waals surface area contributed by atoms with Crippen LogP contribution >= 0.6 is 0 Å². The van der Waals surface area contributed by atoms with Gasteiger partial charge in [0.05, 0.1) is 12.7 Å². The topological polar surface area (TPSA) is 55.5 Å². The van der Waals surface area contributed by atoms with Crippen LogP contribution in [0.15, 0.2) is 24.3 Å².